The number of benzene rings is 1. The number of amides is 1. The third-order valence-electron chi connectivity index (χ3n) is 2.63. The summed E-state index contributed by atoms with van der Waals surface area (Å²) in [6, 6.07) is 8.38. The lowest BCUT2D eigenvalue weighted by Crippen LogP contribution is -2.39. The maximum atomic E-state index is 11.8. The van der Waals surface area contributed by atoms with Gasteiger partial charge in [0.15, 0.2) is 6.04 Å². The second-order valence-corrected chi connectivity index (χ2v) is 4.18. The van der Waals surface area contributed by atoms with Crippen molar-refractivity contribution in [2.75, 3.05) is 0 Å². The highest BCUT2D eigenvalue weighted by molar-refractivity contribution is 5.85. The molecule has 0 N–H and O–H groups in total. The first-order valence-corrected chi connectivity index (χ1v) is 5.00. The normalized spacial score (nSPS) is 23.0. The van der Waals surface area contributed by atoms with Crippen molar-refractivity contribution in [1.29, 1.82) is 0 Å². The number of hydrogen-bond acceptors (Lipinski definition) is 3. The van der Waals surface area contributed by atoms with Crippen LogP contribution in [0.4, 0.5) is 0 Å². The number of rotatable bonds is 2. The van der Waals surface area contributed by atoms with Crippen LogP contribution in [0.3, 0.4) is 0 Å². The molecule has 2 rings (SSSR count). The summed E-state index contributed by atoms with van der Waals surface area (Å²) in [5, 5.41) is 8.04. The Balaban J connectivity index is 2.41. The lowest BCUT2D eigenvalue weighted by Gasteiger charge is -2.26. The first kappa shape index (κ1) is 10.6. The van der Waals surface area contributed by atoms with Crippen molar-refractivity contribution in [2.24, 2.45) is 5.29 Å². The maximum absolute atomic E-state index is 11.8. The van der Waals surface area contributed by atoms with E-state index in [1.165, 1.54) is 5.01 Å². The summed E-state index contributed by atoms with van der Waals surface area (Å²) < 4.78 is 0. The molecule has 1 radical (unpaired) electrons. The molecule has 1 aliphatic rings. The molecule has 1 amide bonds. The second-order valence-electron chi connectivity index (χ2n) is 4.18. The van der Waals surface area contributed by atoms with Crippen molar-refractivity contribution in [3.63, 3.8) is 0 Å². The van der Waals surface area contributed by atoms with Crippen LogP contribution in [-0.4, -0.2) is 16.6 Å². The SMILES string of the molecule is CC1(C)[N]C(=O)C(c2ccccc2)N1N=O. The van der Waals surface area contributed by atoms with Gasteiger partial charge in [0, 0.05) is 0 Å². The summed E-state index contributed by atoms with van der Waals surface area (Å²) in [5.41, 5.74) is -0.124. The fourth-order valence-corrected chi connectivity index (χ4v) is 1.87. The van der Waals surface area contributed by atoms with Gasteiger partial charge in [-0.1, -0.05) is 30.3 Å². The highest BCUT2D eigenvalue weighted by Crippen LogP contribution is 2.34. The van der Waals surface area contributed by atoms with Gasteiger partial charge in [0.25, 0.3) is 5.91 Å². The average molecular weight is 218 g/mol. The number of hydrogen-bond donors (Lipinski definition) is 0. The van der Waals surface area contributed by atoms with E-state index >= 15 is 0 Å². The zero-order valence-corrected chi connectivity index (χ0v) is 9.12. The summed E-state index contributed by atoms with van der Waals surface area (Å²) in [6.45, 7) is 3.38. The Morgan fingerprint density at radius 2 is 1.94 bits per heavy atom. The molecule has 83 valence electrons. The van der Waals surface area contributed by atoms with E-state index < -0.39 is 11.7 Å². The van der Waals surface area contributed by atoms with Gasteiger partial charge in [0.2, 0.25) is 0 Å². The van der Waals surface area contributed by atoms with Gasteiger partial charge < -0.3 is 0 Å². The van der Waals surface area contributed by atoms with Crippen LogP contribution in [0.2, 0.25) is 0 Å². The molecular formula is C11H12N3O2. The smallest absolute Gasteiger partial charge is 0.270 e. The number of nitroso groups, excluding NO2 is 1. The highest BCUT2D eigenvalue weighted by Gasteiger charge is 2.48. The molecule has 5 heteroatoms. The first-order valence-electron chi connectivity index (χ1n) is 5.00. The monoisotopic (exact) mass is 218 g/mol. The minimum absolute atomic E-state index is 0.323. The first-order chi connectivity index (χ1) is 7.56. The van der Waals surface area contributed by atoms with E-state index in [9.17, 15) is 9.70 Å². The Morgan fingerprint density at radius 1 is 1.31 bits per heavy atom. The number of carbonyl (C=O) groups excluding carboxylic acids is 1. The standard InChI is InChI=1S/C11H12N3O2/c1-11(2)12-10(15)9(14(11)13-16)8-6-4-3-5-7-8/h3-7,9H,1-2H3. The lowest BCUT2D eigenvalue weighted by molar-refractivity contribution is -0.122. The van der Waals surface area contributed by atoms with E-state index in [0.717, 1.165) is 5.56 Å². The molecule has 1 aromatic carbocycles. The highest BCUT2D eigenvalue weighted by atomic mass is 16.3. The number of nitrogens with zero attached hydrogens (tertiary/aromatic N) is 3. The molecule has 1 unspecified atom stereocenters. The van der Waals surface area contributed by atoms with Crippen molar-refractivity contribution in [2.45, 2.75) is 25.6 Å². The molecule has 0 spiro atoms. The predicted octanol–water partition coefficient (Wildman–Crippen LogP) is 1.59. The van der Waals surface area contributed by atoms with Crippen LogP contribution in [0.1, 0.15) is 25.5 Å². The molecule has 0 aliphatic carbocycles. The van der Waals surface area contributed by atoms with E-state index in [1.54, 1.807) is 26.0 Å². The largest absolute Gasteiger partial charge is 0.272 e. The summed E-state index contributed by atoms with van der Waals surface area (Å²) in [6.07, 6.45) is 0. The van der Waals surface area contributed by atoms with Crippen molar-refractivity contribution in [3.05, 3.63) is 40.8 Å². The van der Waals surface area contributed by atoms with Crippen LogP contribution in [0.25, 0.3) is 0 Å². The molecule has 0 saturated carbocycles. The molecule has 5 nitrogen and oxygen atoms in total. The van der Waals surface area contributed by atoms with Crippen LogP contribution in [0.15, 0.2) is 35.6 Å². The predicted molar refractivity (Wildman–Crippen MR) is 58.0 cm³/mol. The summed E-state index contributed by atoms with van der Waals surface area (Å²) in [4.78, 5) is 22.6. The van der Waals surface area contributed by atoms with E-state index in [0.29, 0.717) is 0 Å². The van der Waals surface area contributed by atoms with E-state index in [-0.39, 0.29) is 5.91 Å². The van der Waals surface area contributed by atoms with Crippen molar-refractivity contribution >= 4 is 5.91 Å². The van der Waals surface area contributed by atoms with Crippen LogP contribution in [-0.2, 0) is 4.79 Å². The fraction of sp³-hybridized carbons (Fsp3) is 0.364. The fourth-order valence-electron chi connectivity index (χ4n) is 1.87. The summed E-state index contributed by atoms with van der Waals surface area (Å²) in [7, 11) is 0. The van der Waals surface area contributed by atoms with Gasteiger partial charge in [-0.05, 0) is 19.4 Å². The van der Waals surface area contributed by atoms with Gasteiger partial charge in [-0.15, -0.1) is 4.91 Å². The Kier molecular flexibility index (Phi) is 2.38. The van der Waals surface area contributed by atoms with E-state index in [1.807, 2.05) is 18.2 Å². The molecular weight excluding hydrogens is 206 g/mol. The molecule has 0 aromatic heterocycles. The Labute approximate surface area is 93.4 Å². The molecule has 1 saturated heterocycles. The molecule has 1 heterocycles. The Hall–Kier alpha value is -1.91. The van der Waals surface area contributed by atoms with Gasteiger partial charge in [0.05, 0.1) is 5.29 Å². The van der Waals surface area contributed by atoms with Gasteiger partial charge in [0.1, 0.15) is 5.66 Å². The van der Waals surface area contributed by atoms with E-state index in [4.69, 9.17) is 0 Å². The molecule has 0 bridgehead atoms. The third-order valence-corrected chi connectivity index (χ3v) is 2.63. The van der Waals surface area contributed by atoms with Crippen molar-refractivity contribution in [3.8, 4) is 0 Å². The average Bonchev–Trinajstić information content (AvgIpc) is 2.48. The van der Waals surface area contributed by atoms with Crippen molar-refractivity contribution in [1.82, 2.24) is 10.3 Å². The minimum atomic E-state index is -0.862. The maximum Gasteiger partial charge on any atom is 0.272 e. The molecule has 16 heavy (non-hydrogen) atoms. The van der Waals surface area contributed by atoms with Crippen molar-refractivity contribution < 1.29 is 4.79 Å². The Bertz CT molecular complexity index is 416. The molecule has 1 atom stereocenters. The van der Waals surface area contributed by atoms with Gasteiger partial charge in [-0.25, -0.2) is 10.3 Å². The minimum Gasteiger partial charge on any atom is -0.270 e. The summed E-state index contributed by atoms with van der Waals surface area (Å²) >= 11 is 0. The van der Waals surface area contributed by atoms with Gasteiger partial charge in [-0.3, -0.25) is 4.79 Å². The lowest BCUT2D eigenvalue weighted by atomic mass is 10.1. The second kappa shape index (κ2) is 3.59. The summed E-state index contributed by atoms with van der Waals surface area (Å²) in [5.74, 6) is -0.323. The van der Waals surface area contributed by atoms with Crippen LogP contribution >= 0.6 is 0 Å². The molecule has 1 aromatic rings. The number of carbonyl (C=O) groups is 1. The van der Waals surface area contributed by atoms with Crippen LogP contribution in [0.5, 0.6) is 0 Å². The van der Waals surface area contributed by atoms with Crippen LogP contribution in [0, 0.1) is 4.91 Å². The van der Waals surface area contributed by atoms with Gasteiger partial charge in [-0.2, -0.15) is 0 Å². The third kappa shape index (κ3) is 1.54. The van der Waals surface area contributed by atoms with Gasteiger partial charge >= 0.3 is 0 Å². The van der Waals surface area contributed by atoms with E-state index in [2.05, 4.69) is 10.6 Å². The molecule has 1 fully saturated rings. The van der Waals surface area contributed by atoms with Crippen LogP contribution < -0.4 is 5.32 Å². The topological polar surface area (TPSA) is 63.8 Å². The zero-order chi connectivity index (χ0) is 11.8. The molecule has 1 aliphatic heterocycles. The Morgan fingerprint density at radius 3 is 2.50 bits per heavy atom. The quantitative estimate of drug-likeness (QED) is 0.708. The zero-order valence-electron chi connectivity index (χ0n) is 9.12.